The Morgan fingerprint density at radius 2 is 1.94 bits per heavy atom. The second-order valence-electron chi connectivity index (χ2n) is 4.63. The third-order valence-corrected chi connectivity index (χ3v) is 3.94. The van der Waals surface area contributed by atoms with Crippen LogP contribution in [0.15, 0.2) is 0 Å². The average Bonchev–Trinajstić information content (AvgIpc) is 2.65. The molecule has 1 N–H and O–H groups in total. The summed E-state index contributed by atoms with van der Waals surface area (Å²) >= 11 is 0. The van der Waals surface area contributed by atoms with Gasteiger partial charge in [-0.3, -0.25) is 4.79 Å². The van der Waals surface area contributed by atoms with Gasteiger partial charge in [0, 0.05) is 18.7 Å². The molecule has 0 unspecified atom stereocenters. The Kier molecular flexibility index (Phi) is 5.41. The molecule has 0 aliphatic heterocycles. The van der Waals surface area contributed by atoms with E-state index in [4.69, 9.17) is 0 Å². The molecule has 1 aliphatic rings. The van der Waals surface area contributed by atoms with E-state index in [-0.39, 0.29) is 11.5 Å². The Bertz CT molecular complexity index is 318. The maximum absolute atomic E-state index is 11.4. The van der Waals surface area contributed by atoms with Gasteiger partial charge in [-0.05, 0) is 19.3 Å². The summed E-state index contributed by atoms with van der Waals surface area (Å²) in [6.45, 7) is 0.397. The Hall–Kier alpha value is -0.420. The molecule has 16 heavy (non-hydrogen) atoms. The van der Waals surface area contributed by atoms with Crippen molar-refractivity contribution >= 4 is 15.6 Å². The number of Topliss-reactive ketones (excluding diaryl/α,β-unsaturated/α-hetero) is 1. The first-order valence-electron chi connectivity index (χ1n) is 5.90. The molecule has 0 heterocycles. The normalized spacial score (nSPS) is 17.8. The van der Waals surface area contributed by atoms with E-state index < -0.39 is 9.84 Å². The first-order valence-corrected chi connectivity index (χ1v) is 7.96. The van der Waals surface area contributed by atoms with Crippen LogP contribution in [0.2, 0.25) is 0 Å². The van der Waals surface area contributed by atoms with E-state index in [1.165, 1.54) is 19.1 Å². The van der Waals surface area contributed by atoms with Gasteiger partial charge in [0.05, 0.1) is 12.3 Å². The summed E-state index contributed by atoms with van der Waals surface area (Å²) in [5.74, 6) is 0.234. The highest BCUT2D eigenvalue weighted by Crippen LogP contribution is 2.17. The number of nitrogens with one attached hydrogen (secondary N) is 1. The standard InChI is InChI=1S/C11H21NO3S/c1-16(14,15)8-4-7-11(13)9-12-10-5-2-3-6-10/h10,12H,2-9H2,1H3. The van der Waals surface area contributed by atoms with E-state index in [0.717, 1.165) is 12.8 Å². The monoisotopic (exact) mass is 247 g/mol. The van der Waals surface area contributed by atoms with Crippen molar-refractivity contribution in [1.82, 2.24) is 5.32 Å². The van der Waals surface area contributed by atoms with Gasteiger partial charge >= 0.3 is 0 Å². The van der Waals surface area contributed by atoms with E-state index in [0.29, 0.717) is 25.4 Å². The van der Waals surface area contributed by atoms with Crippen LogP contribution in [-0.2, 0) is 14.6 Å². The highest BCUT2D eigenvalue weighted by molar-refractivity contribution is 7.90. The molecule has 1 aliphatic carbocycles. The van der Waals surface area contributed by atoms with Gasteiger partial charge in [0.2, 0.25) is 0 Å². The van der Waals surface area contributed by atoms with Crippen molar-refractivity contribution in [3.63, 3.8) is 0 Å². The van der Waals surface area contributed by atoms with Crippen LogP contribution in [0.3, 0.4) is 0 Å². The number of sulfone groups is 1. The molecule has 94 valence electrons. The smallest absolute Gasteiger partial charge is 0.147 e. The Balaban J connectivity index is 2.06. The number of carbonyl (C=O) groups is 1. The maximum Gasteiger partial charge on any atom is 0.147 e. The minimum absolute atomic E-state index is 0.113. The summed E-state index contributed by atoms with van der Waals surface area (Å²) in [4.78, 5) is 11.4. The van der Waals surface area contributed by atoms with Gasteiger partial charge in [-0.15, -0.1) is 0 Å². The van der Waals surface area contributed by atoms with Gasteiger partial charge in [0.1, 0.15) is 15.6 Å². The van der Waals surface area contributed by atoms with Gasteiger partial charge in [0.25, 0.3) is 0 Å². The number of rotatable bonds is 7. The lowest BCUT2D eigenvalue weighted by Gasteiger charge is -2.10. The molecule has 5 heteroatoms. The topological polar surface area (TPSA) is 63.2 Å². The van der Waals surface area contributed by atoms with Crippen molar-refractivity contribution in [2.45, 2.75) is 44.6 Å². The van der Waals surface area contributed by atoms with Gasteiger partial charge in [-0.25, -0.2) is 8.42 Å². The van der Waals surface area contributed by atoms with Crippen LogP contribution in [0.4, 0.5) is 0 Å². The Morgan fingerprint density at radius 1 is 1.31 bits per heavy atom. The molecule has 0 bridgehead atoms. The van der Waals surface area contributed by atoms with Crippen molar-refractivity contribution in [3.8, 4) is 0 Å². The molecule has 0 aromatic carbocycles. The van der Waals surface area contributed by atoms with E-state index in [2.05, 4.69) is 5.32 Å². The molecule has 4 nitrogen and oxygen atoms in total. The highest BCUT2D eigenvalue weighted by Gasteiger charge is 2.15. The molecule has 0 aromatic heterocycles. The van der Waals surface area contributed by atoms with Gasteiger partial charge in [-0.2, -0.15) is 0 Å². The lowest BCUT2D eigenvalue weighted by Crippen LogP contribution is -2.31. The summed E-state index contributed by atoms with van der Waals surface area (Å²) in [5.41, 5.74) is 0. The van der Waals surface area contributed by atoms with Crippen LogP contribution in [0.25, 0.3) is 0 Å². The number of hydrogen-bond acceptors (Lipinski definition) is 4. The summed E-state index contributed by atoms with van der Waals surface area (Å²) in [6.07, 6.45) is 6.85. The van der Waals surface area contributed by atoms with Crippen LogP contribution >= 0.6 is 0 Å². The Morgan fingerprint density at radius 3 is 2.50 bits per heavy atom. The van der Waals surface area contributed by atoms with Crippen LogP contribution in [-0.4, -0.2) is 38.8 Å². The average molecular weight is 247 g/mol. The second-order valence-corrected chi connectivity index (χ2v) is 6.89. The van der Waals surface area contributed by atoms with Crippen molar-refractivity contribution in [3.05, 3.63) is 0 Å². The molecular formula is C11H21NO3S. The van der Waals surface area contributed by atoms with Crippen molar-refractivity contribution < 1.29 is 13.2 Å². The van der Waals surface area contributed by atoms with Crippen LogP contribution in [0.5, 0.6) is 0 Å². The lowest BCUT2D eigenvalue weighted by atomic mass is 10.2. The fraction of sp³-hybridized carbons (Fsp3) is 0.909. The molecule has 0 aromatic rings. The first kappa shape index (κ1) is 13.6. The zero-order valence-electron chi connectivity index (χ0n) is 9.87. The van der Waals surface area contributed by atoms with Crippen molar-refractivity contribution in [2.75, 3.05) is 18.6 Å². The number of carbonyl (C=O) groups excluding carboxylic acids is 1. The third kappa shape index (κ3) is 6.23. The zero-order valence-corrected chi connectivity index (χ0v) is 10.7. The second kappa shape index (κ2) is 6.35. The number of hydrogen-bond donors (Lipinski definition) is 1. The fourth-order valence-corrected chi connectivity index (χ4v) is 2.68. The van der Waals surface area contributed by atoms with Crippen molar-refractivity contribution in [2.24, 2.45) is 0 Å². The highest BCUT2D eigenvalue weighted by atomic mass is 32.2. The largest absolute Gasteiger partial charge is 0.307 e. The van der Waals surface area contributed by atoms with Crippen LogP contribution in [0.1, 0.15) is 38.5 Å². The summed E-state index contributed by atoms with van der Waals surface area (Å²) in [5, 5.41) is 3.23. The predicted molar refractivity (Wildman–Crippen MR) is 64.2 cm³/mol. The summed E-state index contributed by atoms with van der Waals surface area (Å²) in [7, 11) is -2.92. The van der Waals surface area contributed by atoms with E-state index in [9.17, 15) is 13.2 Å². The fourth-order valence-electron chi connectivity index (χ4n) is 2.01. The molecular weight excluding hydrogens is 226 g/mol. The molecule has 1 rings (SSSR count). The van der Waals surface area contributed by atoms with Gasteiger partial charge < -0.3 is 5.32 Å². The molecule has 0 amide bonds. The van der Waals surface area contributed by atoms with Crippen molar-refractivity contribution in [1.29, 1.82) is 0 Å². The Labute approximate surface area is 97.7 Å². The molecule has 0 radical (unpaired) electrons. The summed E-state index contributed by atoms with van der Waals surface area (Å²) < 4.78 is 21.7. The minimum atomic E-state index is -2.92. The molecule has 1 saturated carbocycles. The van der Waals surface area contributed by atoms with E-state index >= 15 is 0 Å². The first-order chi connectivity index (χ1) is 7.47. The quantitative estimate of drug-likeness (QED) is 0.726. The number of ketones is 1. The maximum atomic E-state index is 11.4. The molecule has 0 saturated heterocycles. The molecule has 0 atom stereocenters. The summed E-state index contributed by atoms with van der Waals surface area (Å²) in [6, 6.07) is 0.499. The SMILES string of the molecule is CS(=O)(=O)CCCC(=O)CNC1CCCC1. The third-order valence-electron chi connectivity index (χ3n) is 2.91. The van der Waals surface area contributed by atoms with E-state index in [1.807, 2.05) is 0 Å². The zero-order chi connectivity index (χ0) is 12.0. The van der Waals surface area contributed by atoms with Crippen LogP contribution in [0, 0.1) is 0 Å². The van der Waals surface area contributed by atoms with Gasteiger partial charge in [0.15, 0.2) is 0 Å². The van der Waals surface area contributed by atoms with E-state index in [1.54, 1.807) is 0 Å². The molecule has 1 fully saturated rings. The molecule has 0 spiro atoms. The van der Waals surface area contributed by atoms with Crippen LogP contribution < -0.4 is 5.32 Å². The van der Waals surface area contributed by atoms with Gasteiger partial charge in [-0.1, -0.05) is 12.8 Å². The predicted octanol–water partition coefficient (Wildman–Crippen LogP) is 0.912. The lowest BCUT2D eigenvalue weighted by molar-refractivity contribution is -0.118. The minimum Gasteiger partial charge on any atom is -0.307 e.